The van der Waals surface area contributed by atoms with Gasteiger partial charge in [-0.2, -0.15) is 10.1 Å². The fourth-order valence-electron chi connectivity index (χ4n) is 2.85. The summed E-state index contributed by atoms with van der Waals surface area (Å²) in [5, 5.41) is 23.5. The molecule has 3 N–H and O–H groups in total. The number of hydrogen-bond donors (Lipinski definition) is 3. The number of nitrogens with zero attached hydrogens (tertiary/aromatic N) is 4. The molecule has 27 heavy (non-hydrogen) atoms. The second-order valence-electron chi connectivity index (χ2n) is 5.96. The number of rotatable bonds is 5. The Bertz CT molecular complexity index is 1150. The molecule has 0 saturated carbocycles. The molecule has 0 unspecified atom stereocenters. The van der Waals surface area contributed by atoms with Gasteiger partial charge in [0.15, 0.2) is 17.1 Å². The lowest BCUT2D eigenvalue weighted by atomic mass is 10.1. The van der Waals surface area contributed by atoms with E-state index in [1.165, 1.54) is 18.9 Å². The third-order valence-electron chi connectivity index (χ3n) is 4.31. The number of benzene rings is 2. The number of methoxy groups -OCH3 is 1. The fraction of sp³-hybridized carbons (Fsp3) is 0.158. The van der Waals surface area contributed by atoms with E-state index in [1.807, 2.05) is 6.07 Å². The quantitative estimate of drug-likeness (QED) is 0.371. The van der Waals surface area contributed by atoms with Gasteiger partial charge in [-0.25, -0.2) is 5.43 Å². The maximum absolute atomic E-state index is 10.1. The lowest BCUT2D eigenvalue weighted by molar-refractivity contribution is 0.373. The van der Waals surface area contributed by atoms with E-state index in [1.54, 1.807) is 18.2 Å². The molecular formula is C19H18N6O2. The molecule has 8 heteroatoms. The molecule has 0 aliphatic heterocycles. The summed E-state index contributed by atoms with van der Waals surface area (Å²) in [4.78, 5) is 7.65. The minimum Gasteiger partial charge on any atom is -0.504 e. The van der Waals surface area contributed by atoms with Crippen molar-refractivity contribution in [3.63, 3.8) is 0 Å². The monoisotopic (exact) mass is 362 g/mol. The van der Waals surface area contributed by atoms with Crippen LogP contribution in [-0.2, 0) is 6.42 Å². The van der Waals surface area contributed by atoms with Gasteiger partial charge >= 0.3 is 0 Å². The third-order valence-corrected chi connectivity index (χ3v) is 4.31. The van der Waals surface area contributed by atoms with Crippen LogP contribution in [0.25, 0.3) is 22.1 Å². The number of aromatic amines is 1. The van der Waals surface area contributed by atoms with Crippen molar-refractivity contribution < 1.29 is 9.84 Å². The van der Waals surface area contributed by atoms with Crippen LogP contribution >= 0.6 is 0 Å². The number of aryl methyl sites for hydroxylation is 1. The van der Waals surface area contributed by atoms with Crippen molar-refractivity contribution in [3.05, 3.63) is 47.5 Å². The maximum atomic E-state index is 10.1. The summed E-state index contributed by atoms with van der Waals surface area (Å²) in [5.41, 5.74) is 6.79. The van der Waals surface area contributed by atoms with Gasteiger partial charge in [0.2, 0.25) is 0 Å². The lowest BCUT2D eigenvalue weighted by Gasteiger charge is -2.04. The van der Waals surface area contributed by atoms with Gasteiger partial charge in [0, 0.05) is 16.5 Å². The van der Waals surface area contributed by atoms with E-state index >= 15 is 0 Å². The highest BCUT2D eigenvalue weighted by Crippen LogP contribution is 2.28. The molecule has 0 bridgehead atoms. The number of hydrogen-bond acceptors (Lipinski definition) is 7. The van der Waals surface area contributed by atoms with Gasteiger partial charge in [0.1, 0.15) is 5.52 Å². The van der Waals surface area contributed by atoms with E-state index in [9.17, 15) is 5.11 Å². The first-order valence-corrected chi connectivity index (χ1v) is 8.49. The number of hydrazone groups is 1. The van der Waals surface area contributed by atoms with E-state index < -0.39 is 0 Å². The Hall–Kier alpha value is -3.68. The van der Waals surface area contributed by atoms with Gasteiger partial charge in [0.25, 0.3) is 5.95 Å². The summed E-state index contributed by atoms with van der Waals surface area (Å²) < 4.78 is 5.07. The Balaban J connectivity index is 1.60. The molecule has 0 amide bonds. The molecular weight excluding hydrogens is 344 g/mol. The van der Waals surface area contributed by atoms with Crippen molar-refractivity contribution in [2.45, 2.75) is 13.3 Å². The number of H-pyrrole nitrogens is 1. The average Bonchev–Trinajstić information content (AvgIpc) is 3.06. The second-order valence-corrected chi connectivity index (χ2v) is 5.96. The first kappa shape index (κ1) is 16.8. The maximum Gasteiger partial charge on any atom is 0.265 e. The number of aromatic hydroxyl groups is 1. The molecule has 0 fully saturated rings. The molecule has 4 aromatic rings. The number of para-hydroxylation sites is 1. The third kappa shape index (κ3) is 3.12. The zero-order valence-electron chi connectivity index (χ0n) is 14.9. The summed E-state index contributed by atoms with van der Waals surface area (Å²) in [6.07, 6.45) is 2.42. The van der Waals surface area contributed by atoms with Crippen molar-refractivity contribution in [1.29, 1.82) is 0 Å². The predicted molar refractivity (Wildman–Crippen MR) is 104 cm³/mol. The van der Waals surface area contributed by atoms with Gasteiger partial charge in [-0.1, -0.05) is 19.1 Å². The number of ether oxygens (including phenoxy) is 1. The molecule has 0 saturated heterocycles. The Morgan fingerprint density at radius 2 is 2.15 bits per heavy atom. The van der Waals surface area contributed by atoms with Gasteiger partial charge in [-0.15, -0.1) is 10.2 Å². The average molecular weight is 362 g/mol. The summed E-state index contributed by atoms with van der Waals surface area (Å²) in [6.45, 7) is 2.11. The highest BCUT2D eigenvalue weighted by molar-refractivity contribution is 6.03. The van der Waals surface area contributed by atoms with Gasteiger partial charge in [-0.05, 0) is 36.2 Å². The van der Waals surface area contributed by atoms with E-state index in [0.29, 0.717) is 17.0 Å². The largest absolute Gasteiger partial charge is 0.504 e. The molecule has 0 radical (unpaired) electrons. The van der Waals surface area contributed by atoms with Crippen LogP contribution in [0, 0.1) is 0 Å². The van der Waals surface area contributed by atoms with E-state index in [0.717, 1.165) is 22.8 Å². The Labute approximate surface area is 154 Å². The van der Waals surface area contributed by atoms with Crippen molar-refractivity contribution in [3.8, 4) is 11.5 Å². The van der Waals surface area contributed by atoms with Crippen molar-refractivity contribution in [2.75, 3.05) is 12.5 Å². The summed E-state index contributed by atoms with van der Waals surface area (Å²) in [7, 11) is 1.49. The van der Waals surface area contributed by atoms with Crippen LogP contribution in [0.15, 0.2) is 41.5 Å². The summed E-state index contributed by atoms with van der Waals surface area (Å²) >= 11 is 0. The van der Waals surface area contributed by atoms with Crippen LogP contribution in [-0.4, -0.2) is 38.6 Å². The molecule has 0 spiro atoms. The van der Waals surface area contributed by atoms with E-state index in [-0.39, 0.29) is 11.7 Å². The number of aromatic nitrogens is 4. The van der Waals surface area contributed by atoms with Crippen molar-refractivity contribution >= 4 is 34.2 Å². The summed E-state index contributed by atoms with van der Waals surface area (Å²) in [6, 6.07) is 11.3. The van der Waals surface area contributed by atoms with Crippen molar-refractivity contribution in [1.82, 2.24) is 20.2 Å². The number of anilines is 1. The molecule has 0 aliphatic rings. The minimum absolute atomic E-state index is 0.0161. The first-order chi connectivity index (χ1) is 13.2. The van der Waals surface area contributed by atoms with Gasteiger partial charge < -0.3 is 14.8 Å². The number of nitrogens with one attached hydrogen (secondary N) is 2. The normalized spacial score (nSPS) is 11.5. The zero-order valence-corrected chi connectivity index (χ0v) is 14.9. The highest BCUT2D eigenvalue weighted by Gasteiger charge is 2.09. The van der Waals surface area contributed by atoms with E-state index in [2.05, 4.69) is 49.7 Å². The van der Waals surface area contributed by atoms with Crippen LogP contribution in [0.5, 0.6) is 11.5 Å². The molecule has 4 rings (SSSR count). The zero-order chi connectivity index (χ0) is 18.8. The summed E-state index contributed by atoms with van der Waals surface area (Å²) in [5.74, 6) is 0.647. The Kier molecular flexibility index (Phi) is 4.29. The number of phenols is 1. The highest BCUT2D eigenvalue weighted by atomic mass is 16.5. The van der Waals surface area contributed by atoms with Gasteiger partial charge in [-0.3, -0.25) is 0 Å². The Morgan fingerprint density at radius 3 is 2.96 bits per heavy atom. The Morgan fingerprint density at radius 1 is 1.26 bits per heavy atom. The SMILES string of the molecule is CCc1ccc2[nH]c3nc(N/N=C\c4cccc(OC)c4O)nnc3c2c1. The van der Waals surface area contributed by atoms with Crippen LogP contribution in [0.1, 0.15) is 18.1 Å². The number of fused-ring (bicyclic) bond motifs is 3. The van der Waals surface area contributed by atoms with Crippen LogP contribution in [0.4, 0.5) is 5.95 Å². The number of phenolic OH excluding ortho intramolecular Hbond substituents is 1. The molecule has 8 nitrogen and oxygen atoms in total. The van der Waals surface area contributed by atoms with Gasteiger partial charge in [0.05, 0.1) is 13.3 Å². The lowest BCUT2D eigenvalue weighted by Crippen LogP contribution is -1.99. The van der Waals surface area contributed by atoms with Crippen LogP contribution < -0.4 is 10.2 Å². The van der Waals surface area contributed by atoms with Crippen LogP contribution in [0.3, 0.4) is 0 Å². The first-order valence-electron chi connectivity index (χ1n) is 8.49. The fourth-order valence-corrected chi connectivity index (χ4v) is 2.85. The molecule has 136 valence electrons. The molecule has 2 aromatic heterocycles. The predicted octanol–water partition coefficient (Wildman–Crippen LogP) is 3.23. The topological polar surface area (TPSA) is 108 Å². The smallest absolute Gasteiger partial charge is 0.265 e. The molecule has 0 aliphatic carbocycles. The molecule has 2 heterocycles. The minimum atomic E-state index is 0.0161. The van der Waals surface area contributed by atoms with Crippen LogP contribution in [0.2, 0.25) is 0 Å². The second kappa shape index (κ2) is 6.91. The van der Waals surface area contributed by atoms with E-state index in [4.69, 9.17) is 4.74 Å². The molecule has 2 aromatic carbocycles. The van der Waals surface area contributed by atoms with Crippen molar-refractivity contribution in [2.24, 2.45) is 5.10 Å². The molecule has 0 atom stereocenters. The standard InChI is InChI=1S/C19H18N6O2/c1-3-11-7-8-14-13(9-11)16-18(21-14)22-19(25-23-16)24-20-10-12-5-4-6-15(27-2)17(12)26/h4-10,26H,3H2,1-2H3,(H2,21,22,24,25)/b20-10-.